The van der Waals surface area contributed by atoms with Crippen molar-refractivity contribution in [3.63, 3.8) is 0 Å². The number of hydrogen-bond acceptors (Lipinski definition) is 0. The Balaban J connectivity index is 0.00000249. The smallest absolute Gasteiger partial charge is 1.00 e. The molecule has 2 aliphatic rings. The summed E-state index contributed by atoms with van der Waals surface area (Å²) in [6, 6.07) is 55.7. The van der Waals surface area contributed by atoms with Crippen LogP contribution in [0.25, 0.3) is 77.5 Å². The summed E-state index contributed by atoms with van der Waals surface area (Å²) in [6.45, 7) is 15.1. The Kier molecular flexibility index (Phi) is 12.4. The van der Waals surface area contributed by atoms with Gasteiger partial charge in [-0.2, -0.15) is 0 Å². The van der Waals surface area contributed by atoms with E-state index in [1.54, 1.807) is 22.3 Å². The first-order valence-electron chi connectivity index (χ1n) is 21.4. The number of hydrogen-bond donors (Lipinski definition) is 0. The Labute approximate surface area is 376 Å². The van der Waals surface area contributed by atoms with Crippen molar-refractivity contribution in [1.82, 2.24) is 0 Å². The molecule has 298 valence electrons. The van der Waals surface area contributed by atoms with Crippen molar-refractivity contribution in [2.75, 3.05) is 0 Å². The number of fused-ring (bicyclic) bond motifs is 8. The third-order valence-electron chi connectivity index (χ3n) is 12.9. The number of halogens is 2. The van der Waals surface area contributed by atoms with E-state index in [-0.39, 0.29) is 24.8 Å². The van der Waals surface area contributed by atoms with E-state index in [0.29, 0.717) is 19.1 Å². The predicted octanol–water partition coefficient (Wildman–Crippen LogP) is 10.2. The average Bonchev–Trinajstić information content (AvgIpc) is 3.77. The van der Waals surface area contributed by atoms with Gasteiger partial charge >= 0.3 is 355 Å². The van der Waals surface area contributed by atoms with Gasteiger partial charge in [-0.3, -0.25) is 0 Å². The van der Waals surface area contributed by atoms with Gasteiger partial charge in [-0.25, -0.2) is 0 Å². The van der Waals surface area contributed by atoms with Gasteiger partial charge in [-0.05, 0) is 0 Å². The van der Waals surface area contributed by atoms with Gasteiger partial charge in [-0.15, -0.1) is 0 Å². The van der Waals surface area contributed by atoms with E-state index in [9.17, 15) is 0 Å². The number of rotatable bonds is 8. The summed E-state index contributed by atoms with van der Waals surface area (Å²) < 4.78 is 1.15. The second-order valence-corrected chi connectivity index (χ2v) is 35.8. The first kappa shape index (κ1) is 42.6. The minimum Gasteiger partial charge on any atom is -1.00 e. The first-order chi connectivity index (χ1) is 28.3. The second-order valence-electron chi connectivity index (χ2n) is 18.0. The van der Waals surface area contributed by atoms with E-state index >= 15 is 0 Å². The molecule has 0 saturated carbocycles. The van der Waals surface area contributed by atoms with Gasteiger partial charge in [0.25, 0.3) is 0 Å². The number of benzene rings is 8. The molecule has 0 amide bonds. The van der Waals surface area contributed by atoms with E-state index in [2.05, 4.69) is 199 Å². The van der Waals surface area contributed by atoms with Crippen LogP contribution in [0.4, 0.5) is 0 Å². The van der Waals surface area contributed by atoms with Gasteiger partial charge in [0.05, 0.1) is 0 Å². The molecule has 0 spiro atoms. The molecule has 0 saturated heterocycles. The zero-order chi connectivity index (χ0) is 39.7. The van der Waals surface area contributed by atoms with Crippen molar-refractivity contribution in [2.24, 2.45) is 11.8 Å². The van der Waals surface area contributed by atoms with Crippen LogP contribution in [0.2, 0.25) is 13.1 Å². The van der Waals surface area contributed by atoms with Gasteiger partial charge in [-0.1, -0.05) is 0 Å². The van der Waals surface area contributed by atoms with Crippen LogP contribution in [0.15, 0.2) is 157 Å². The van der Waals surface area contributed by atoms with Crippen molar-refractivity contribution < 1.29 is 45.2 Å². The van der Waals surface area contributed by atoms with Crippen LogP contribution in [0.5, 0.6) is 0 Å². The molecule has 0 nitrogen and oxygen atoms in total. The SMILES string of the molecule is CC(C)CC1=Cc2c(-c3cc4ccccc4c4ccccc34)cccc2[CH]1[Zr+2]([CH]1C(CC(C)C)=Cc2c(-c3cc4ccccc4c4ccccc34)cccc21)=[Si](C)C.[Cl-].[Cl-]. The molecule has 8 aromatic rings. The summed E-state index contributed by atoms with van der Waals surface area (Å²) in [6.07, 6.45) is 7.73. The third-order valence-corrected chi connectivity index (χ3v) is 32.4. The molecule has 2 aliphatic carbocycles. The Morgan fingerprint density at radius 1 is 0.433 bits per heavy atom. The van der Waals surface area contributed by atoms with Gasteiger partial charge in [0.15, 0.2) is 0 Å². The molecule has 60 heavy (non-hydrogen) atoms. The zero-order valence-corrected chi connectivity index (χ0v) is 40.5. The topological polar surface area (TPSA) is 0 Å². The fourth-order valence-corrected chi connectivity index (χ4v) is 31.1. The number of allylic oxidation sites excluding steroid dienone is 2. The van der Waals surface area contributed by atoms with Crippen LogP contribution in [0, 0.1) is 11.8 Å². The summed E-state index contributed by atoms with van der Waals surface area (Å²) in [5.74, 6) is 1.22. The average molecular weight is 915 g/mol. The summed E-state index contributed by atoms with van der Waals surface area (Å²) in [5.41, 5.74) is 14.6. The quantitative estimate of drug-likeness (QED) is 0.105. The normalized spacial score (nSPS) is 15.4. The zero-order valence-electron chi connectivity index (χ0n) is 35.5. The molecule has 4 heteroatoms. The van der Waals surface area contributed by atoms with Crippen molar-refractivity contribution in [2.45, 2.75) is 60.9 Å². The fourth-order valence-electron chi connectivity index (χ4n) is 10.7. The van der Waals surface area contributed by atoms with Crippen molar-refractivity contribution in [3.05, 3.63) is 179 Å². The second kappa shape index (κ2) is 17.4. The van der Waals surface area contributed by atoms with E-state index in [4.69, 9.17) is 0 Å². The Hall–Kier alpha value is -4.04. The molecular weight excluding hydrogens is 863 g/mol. The Bertz CT molecular complexity index is 2850. The van der Waals surface area contributed by atoms with E-state index < -0.39 is 25.8 Å². The molecule has 0 aromatic heterocycles. The minimum atomic E-state index is -2.42. The van der Waals surface area contributed by atoms with Gasteiger partial charge in [0.2, 0.25) is 0 Å². The Morgan fingerprint density at radius 2 is 0.800 bits per heavy atom. The molecule has 0 heterocycles. The minimum absolute atomic E-state index is 0. The molecular formula is C56H52Cl2SiZr. The maximum absolute atomic E-state index is 2.70. The molecule has 0 radical (unpaired) electrons. The van der Waals surface area contributed by atoms with Crippen LogP contribution in [0.3, 0.4) is 0 Å². The molecule has 0 N–H and O–H groups in total. The molecule has 0 fully saturated rings. The maximum Gasteiger partial charge on any atom is -1.00 e. The summed E-state index contributed by atoms with van der Waals surface area (Å²) in [5, 5.41) is 10.7. The molecule has 0 aliphatic heterocycles. The fraction of sp³-hybridized carbons (Fsp3) is 0.214. The van der Waals surface area contributed by atoms with Crippen molar-refractivity contribution >= 4 is 60.7 Å². The van der Waals surface area contributed by atoms with Crippen LogP contribution < -0.4 is 24.8 Å². The van der Waals surface area contributed by atoms with E-state index in [1.165, 1.54) is 89.3 Å². The monoisotopic (exact) mass is 912 g/mol. The van der Waals surface area contributed by atoms with Crippen LogP contribution >= 0.6 is 0 Å². The summed E-state index contributed by atoms with van der Waals surface area (Å²) in [4.78, 5) is 0. The molecule has 0 bridgehead atoms. The molecule has 8 aromatic carbocycles. The van der Waals surface area contributed by atoms with Gasteiger partial charge < -0.3 is 24.8 Å². The Morgan fingerprint density at radius 3 is 1.18 bits per heavy atom. The van der Waals surface area contributed by atoms with Crippen LogP contribution in [-0.2, 0) is 20.4 Å². The van der Waals surface area contributed by atoms with E-state index in [1.807, 2.05) is 0 Å². The van der Waals surface area contributed by atoms with Crippen molar-refractivity contribution in [3.8, 4) is 22.3 Å². The largest absolute Gasteiger partial charge is 1.00 e. The summed E-state index contributed by atoms with van der Waals surface area (Å²) in [7, 11) is 0. The molecule has 2 unspecified atom stereocenters. The van der Waals surface area contributed by atoms with E-state index in [0.717, 1.165) is 0 Å². The molecule has 10 rings (SSSR count). The molecule has 2 atom stereocenters. The predicted molar refractivity (Wildman–Crippen MR) is 252 cm³/mol. The van der Waals surface area contributed by atoms with Crippen LogP contribution in [0.1, 0.15) is 70.0 Å². The van der Waals surface area contributed by atoms with Crippen LogP contribution in [-0.4, -0.2) is 5.43 Å². The maximum atomic E-state index is 2.70. The van der Waals surface area contributed by atoms with Gasteiger partial charge in [0, 0.05) is 0 Å². The summed E-state index contributed by atoms with van der Waals surface area (Å²) >= 11 is -2.42. The standard InChI is InChI=1S/2C27H23.C2H6Si.2ClH.Zr/c2*1-18(2)14-19-15-20-9-7-13-25(26(20)16-19)27-17-21-8-3-4-10-22(21)23-11-5-6-12-24(23)27;1-3-2;;;/h2*3-13,15-18H,14H2,1-2H3;1-2H3;2*1H;/q;;;;;+2/p-2. The van der Waals surface area contributed by atoms with Gasteiger partial charge in [0.1, 0.15) is 0 Å². The third kappa shape index (κ3) is 7.30. The van der Waals surface area contributed by atoms with Crippen molar-refractivity contribution in [1.29, 1.82) is 0 Å². The first-order valence-corrected chi connectivity index (χ1v) is 30.4.